The Balaban J connectivity index is 1.51. The van der Waals surface area contributed by atoms with E-state index in [1.807, 2.05) is 11.0 Å². The molecule has 7 nitrogen and oxygen atoms in total. The highest BCUT2D eigenvalue weighted by Gasteiger charge is 2.31. The third-order valence-corrected chi connectivity index (χ3v) is 7.51. The van der Waals surface area contributed by atoms with E-state index >= 15 is 0 Å². The number of halogens is 2. The second-order valence-electron chi connectivity index (χ2n) is 6.95. The fraction of sp³-hybridized carbons (Fsp3) is 0.238. The summed E-state index contributed by atoms with van der Waals surface area (Å²) in [4.78, 5) is 10.8. The van der Waals surface area contributed by atoms with E-state index in [1.54, 1.807) is 30.3 Å². The number of nitrogens with zero attached hydrogens (tertiary/aromatic N) is 4. The predicted octanol–water partition coefficient (Wildman–Crippen LogP) is 3.56. The highest BCUT2D eigenvalue weighted by atomic mass is 79.9. The van der Waals surface area contributed by atoms with Crippen molar-refractivity contribution in [1.82, 2.24) is 14.3 Å². The van der Waals surface area contributed by atoms with Crippen molar-refractivity contribution in [3.63, 3.8) is 0 Å². The van der Waals surface area contributed by atoms with Crippen molar-refractivity contribution in [2.24, 2.45) is 0 Å². The van der Waals surface area contributed by atoms with E-state index in [1.165, 1.54) is 29.9 Å². The normalized spacial score (nSPS) is 15.1. The summed E-state index contributed by atoms with van der Waals surface area (Å²) in [6, 6.07) is 12.9. The summed E-state index contributed by atoms with van der Waals surface area (Å²) < 4.78 is 46.9. The number of rotatable bonds is 5. The minimum absolute atomic E-state index is 0.137. The van der Waals surface area contributed by atoms with Crippen LogP contribution >= 0.6 is 15.9 Å². The number of hydrogen-bond donors (Lipinski definition) is 0. The third kappa shape index (κ3) is 4.56. The minimum atomic E-state index is -3.70. The van der Waals surface area contributed by atoms with Crippen molar-refractivity contribution in [3.8, 4) is 17.0 Å². The van der Waals surface area contributed by atoms with Crippen LogP contribution in [0.15, 0.2) is 64.2 Å². The summed E-state index contributed by atoms with van der Waals surface area (Å²) in [5.41, 5.74) is 1.46. The van der Waals surface area contributed by atoms with Gasteiger partial charge in [0.1, 0.15) is 28.6 Å². The van der Waals surface area contributed by atoms with E-state index in [9.17, 15) is 12.8 Å². The van der Waals surface area contributed by atoms with E-state index in [2.05, 4.69) is 25.9 Å². The first-order chi connectivity index (χ1) is 14.9. The highest BCUT2D eigenvalue weighted by Crippen LogP contribution is 2.31. The zero-order valence-electron chi connectivity index (χ0n) is 16.7. The maximum Gasteiger partial charge on any atom is 0.246 e. The monoisotopic (exact) mass is 506 g/mol. The zero-order valence-corrected chi connectivity index (χ0v) is 19.1. The second kappa shape index (κ2) is 8.89. The number of aromatic nitrogens is 2. The third-order valence-electron chi connectivity index (χ3n) is 5.10. The maximum absolute atomic E-state index is 13.2. The Bertz CT molecular complexity index is 1180. The number of hydrogen-bond acceptors (Lipinski definition) is 6. The van der Waals surface area contributed by atoms with Crippen molar-refractivity contribution in [1.29, 1.82) is 0 Å². The number of benzene rings is 2. The molecule has 1 aromatic heterocycles. The van der Waals surface area contributed by atoms with Gasteiger partial charge in [-0.1, -0.05) is 15.9 Å². The molecule has 0 radical (unpaired) electrons. The van der Waals surface area contributed by atoms with Gasteiger partial charge >= 0.3 is 0 Å². The quantitative estimate of drug-likeness (QED) is 0.526. The van der Waals surface area contributed by atoms with E-state index < -0.39 is 10.0 Å². The Labute approximate surface area is 188 Å². The van der Waals surface area contributed by atoms with Crippen LogP contribution in [0.2, 0.25) is 0 Å². The van der Waals surface area contributed by atoms with Crippen LogP contribution < -0.4 is 9.64 Å². The Morgan fingerprint density at radius 1 is 1.00 bits per heavy atom. The lowest BCUT2D eigenvalue weighted by atomic mass is 10.1. The summed E-state index contributed by atoms with van der Waals surface area (Å²) in [6.45, 7) is 1.59. The molecular formula is C21H20BrFN4O3S. The second-order valence-corrected chi connectivity index (χ2v) is 9.78. The zero-order chi connectivity index (χ0) is 22.0. The SMILES string of the molecule is COc1ccc(Br)cc1S(=O)(=O)N1CCN(c2cc(-c3ccc(F)cc3)ncn2)CC1. The Hall–Kier alpha value is -2.56. The summed E-state index contributed by atoms with van der Waals surface area (Å²) in [5, 5.41) is 0. The fourth-order valence-corrected chi connectivity index (χ4v) is 5.56. The van der Waals surface area contributed by atoms with Crippen LogP contribution in [-0.4, -0.2) is 56.0 Å². The lowest BCUT2D eigenvalue weighted by Crippen LogP contribution is -2.49. The summed E-state index contributed by atoms with van der Waals surface area (Å²) >= 11 is 3.33. The van der Waals surface area contributed by atoms with Crippen LogP contribution in [0.4, 0.5) is 10.2 Å². The fourth-order valence-electron chi connectivity index (χ4n) is 3.45. The van der Waals surface area contributed by atoms with Gasteiger partial charge in [-0.25, -0.2) is 22.8 Å². The molecule has 0 saturated carbocycles. The molecule has 0 spiro atoms. The van der Waals surface area contributed by atoms with Crippen LogP contribution in [0, 0.1) is 5.82 Å². The van der Waals surface area contributed by atoms with Crippen LogP contribution in [0.25, 0.3) is 11.3 Å². The van der Waals surface area contributed by atoms with Crippen LogP contribution in [0.1, 0.15) is 0 Å². The van der Waals surface area contributed by atoms with Crippen LogP contribution in [0.5, 0.6) is 5.75 Å². The average Bonchev–Trinajstić information content (AvgIpc) is 2.80. The van der Waals surface area contributed by atoms with E-state index in [0.717, 1.165) is 5.56 Å². The summed E-state index contributed by atoms with van der Waals surface area (Å²) in [5.74, 6) is 0.703. The molecule has 4 rings (SSSR count). The molecular weight excluding hydrogens is 487 g/mol. The average molecular weight is 507 g/mol. The molecule has 31 heavy (non-hydrogen) atoms. The molecule has 1 fully saturated rings. The first kappa shape index (κ1) is 21.7. The standard InChI is InChI=1S/C21H20BrFN4O3S/c1-30-19-7-4-16(22)12-20(19)31(28,29)27-10-8-26(9-11-27)21-13-18(24-14-25-21)15-2-5-17(23)6-3-15/h2-7,12-14H,8-11H2,1H3. The van der Waals surface area contributed by atoms with Gasteiger partial charge in [0.05, 0.1) is 12.8 Å². The first-order valence-corrected chi connectivity index (χ1v) is 11.8. The highest BCUT2D eigenvalue weighted by molar-refractivity contribution is 9.10. The van der Waals surface area contributed by atoms with Gasteiger partial charge < -0.3 is 9.64 Å². The molecule has 1 aliphatic rings. The molecule has 3 aromatic rings. The molecule has 0 aliphatic carbocycles. The maximum atomic E-state index is 13.2. The Morgan fingerprint density at radius 2 is 1.71 bits per heavy atom. The Kier molecular flexibility index (Phi) is 6.22. The Morgan fingerprint density at radius 3 is 2.39 bits per heavy atom. The number of piperazine rings is 1. The van der Waals surface area contributed by atoms with Crippen molar-refractivity contribution >= 4 is 31.8 Å². The van der Waals surface area contributed by atoms with Crippen molar-refractivity contribution in [3.05, 3.63) is 65.1 Å². The molecule has 0 bridgehead atoms. The largest absolute Gasteiger partial charge is 0.495 e. The summed E-state index contributed by atoms with van der Waals surface area (Å²) in [6.07, 6.45) is 1.46. The lowest BCUT2D eigenvalue weighted by molar-refractivity contribution is 0.373. The van der Waals surface area contributed by atoms with Gasteiger partial charge in [-0.15, -0.1) is 0 Å². The van der Waals surface area contributed by atoms with Gasteiger partial charge in [-0.2, -0.15) is 4.31 Å². The van der Waals surface area contributed by atoms with Crippen LogP contribution in [-0.2, 0) is 10.0 Å². The van der Waals surface area contributed by atoms with Crippen molar-refractivity contribution in [2.75, 3.05) is 38.2 Å². The van der Waals surface area contributed by atoms with E-state index in [0.29, 0.717) is 47.9 Å². The first-order valence-electron chi connectivity index (χ1n) is 9.55. The molecule has 2 aromatic carbocycles. The molecule has 0 amide bonds. The van der Waals surface area contributed by atoms with E-state index in [-0.39, 0.29) is 10.7 Å². The lowest BCUT2D eigenvalue weighted by Gasteiger charge is -2.34. The number of anilines is 1. The predicted molar refractivity (Wildman–Crippen MR) is 119 cm³/mol. The molecule has 0 N–H and O–H groups in total. The summed E-state index contributed by atoms with van der Waals surface area (Å²) in [7, 11) is -2.25. The molecule has 0 atom stereocenters. The van der Waals surface area contributed by atoms with Crippen molar-refractivity contribution < 1.29 is 17.5 Å². The van der Waals surface area contributed by atoms with Crippen LogP contribution in [0.3, 0.4) is 0 Å². The topological polar surface area (TPSA) is 75.6 Å². The van der Waals surface area contributed by atoms with Crippen molar-refractivity contribution in [2.45, 2.75) is 4.90 Å². The van der Waals surface area contributed by atoms with Gasteiger partial charge in [0, 0.05) is 42.3 Å². The number of methoxy groups -OCH3 is 1. The van der Waals surface area contributed by atoms with Gasteiger partial charge in [-0.3, -0.25) is 0 Å². The molecule has 162 valence electrons. The minimum Gasteiger partial charge on any atom is -0.495 e. The molecule has 10 heteroatoms. The van der Waals surface area contributed by atoms with Gasteiger partial charge in [0.25, 0.3) is 0 Å². The van der Waals surface area contributed by atoms with Gasteiger partial charge in [-0.05, 0) is 42.5 Å². The van der Waals surface area contributed by atoms with E-state index in [4.69, 9.17) is 4.74 Å². The van der Waals surface area contributed by atoms with Gasteiger partial charge in [0.15, 0.2) is 0 Å². The molecule has 0 unspecified atom stereocenters. The molecule has 2 heterocycles. The number of sulfonamides is 1. The van der Waals surface area contributed by atoms with Gasteiger partial charge in [0.2, 0.25) is 10.0 Å². The molecule has 1 saturated heterocycles. The smallest absolute Gasteiger partial charge is 0.246 e. The number of ether oxygens (including phenoxy) is 1. The molecule has 1 aliphatic heterocycles.